The molecular formula is C16H18FN3S. The average molecular weight is 303 g/mol. The molecule has 2 aromatic heterocycles. The molecule has 0 aliphatic rings. The molecule has 0 radical (unpaired) electrons. The molecule has 2 heterocycles. The van der Waals surface area contributed by atoms with E-state index >= 15 is 0 Å². The van der Waals surface area contributed by atoms with E-state index in [1.807, 2.05) is 34.3 Å². The first kappa shape index (κ1) is 14.2. The van der Waals surface area contributed by atoms with Crippen LogP contribution < -0.4 is 5.32 Å². The maximum Gasteiger partial charge on any atom is 0.193 e. The predicted molar refractivity (Wildman–Crippen MR) is 84.3 cm³/mol. The minimum absolute atomic E-state index is 0.0784. The predicted octanol–water partition coefficient (Wildman–Crippen LogP) is 3.74. The van der Waals surface area contributed by atoms with Gasteiger partial charge in [-0.3, -0.25) is 4.40 Å². The monoisotopic (exact) mass is 303 g/mol. The molecule has 1 atom stereocenters. The Morgan fingerprint density at radius 1 is 1.43 bits per heavy atom. The van der Waals surface area contributed by atoms with Crippen LogP contribution >= 0.6 is 11.3 Å². The Morgan fingerprint density at radius 2 is 2.29 bits per heavy atom. The number of halogens is 1. The molecule has 1 unspecified atom stereocenters. The Hall–Kier alpha value is -1.72. The van der Waals surface area contributed by atoms with Crippen LogP contribution in [0.1, 0.15) is 29.8 Å². The van der Waals surface area contributed by atoms with Crippen molar-refractivity contribution in [2.45, 2.75) is 26.3 Å². The number of nitrogens with one attached hydrogen (secondary N) is 1. The highest BCUT2D eigenvalue weighted by atomic mass is 32.1. The molecule has 0 fully saturated rings. The summed E-state index contributed by atoms with van der Waals surface area (Å²) in [4.78, 5) is 5.60. The summed E-state index contributed by atoms with van der Waals surface area (Å²) in [7, 11) is 0. The van der Waals surface area contributed by atoms with Crippen molar-refractivity contribution in [2.24, 2.45) is 0 Å². The van der Waals surface area contributed by atoms with E-state index in [4.69, 9.17) is 0 Å². The fraction of sp³-hybridized carbons (Fsp3) is 0.312. The number of nitrogens with zero attached hydrogens (tertiary/aromatic N) is 2. The van der Waals surface area contributed by atoms with Crippen LogP contribution in [-0.4, -0.2) is 15.9 Å². The highest BCUT2D eigenvalue weighted by Gasteiger charge is 2.15. The number of hydrogen-bond donors (Lipinski definition) is 1. The lowest BCUT2D eigenvalue weighted by molar-refractivity contribution is 0.537. The number of imidazole rings is 1. The van der Waals surface area contributed by atoms with Crippen molar-refractivity contribution in [3.63, 3.8) is 0 Å². The van der Waals surface area contributed by atoms with Gasteiger partial charge in [0.1, 0.15) is 5.82 Å². The quantitative estimate of drug-likeness (QED) is 0.778. The van der Waals surface area contributed by atoms with Gasteiger partial charge in [-0.15, -0.1) is 11.3 Å². The Balaban J connectivity index is 1.86. The van der Waals surface area contributed by atoms with Crippen LogP contribution in [0.3, 0.4) is 0 Å². The molecule has 1 aromatic carbocycles. The van der Waals surface area contributed by atoms with Gasteiger partial charge < -0.3 is 5.32 Å². The molecule has 0 amide bonds. The molecule has 0 saturated heterocycles. The van der Waals surface area contributed by atoms with Crippen LogP contribution in [-0.2, 0) is 6.42 Å². The third-order valence-corrected chi connectivity index (χ3v) is 4.38. The van der Waals surface area contributed by atoms with Crippen LogP contribution in [0.25, 0.3) is 4.96 Å². The van der Waals surface area contributed by atoms with Crippen LogP contribution in [0.4, 0.5) is 4.39 Å². The molecule has 0 bridgehead atoms. The third kappa shape index (κ3) is 2.99. The number of benzene rings is 1. The van der Waals surface area contributed by atoms with E-state index in [0.717, 1.165) is 29.2 Å². The molecule has 1 N–H and O–H groups in total. The highest BCUT2D eigenvalue weighted by Crippen LogP contribution is 2.21. The number of aromatic nitrogens is 2. The van der Waals surface area contributed by atoms with Gasteiger partial charge in [-0.2, -0.15) is 0 Å². The lowest BCUT2D eigenvalue weighted by Gasteiger charge is -2.17. The summed E-state index contributed by atoms with van der Waals surface area (Å²) >= 11 is 1.62. The highest BCUT2D eigenvalue weighted by molar-refractivity contribution is 7.15. The topological polar surface area (TPSA) is 29.3 Å². The van der Waals surface area contributed by atoms with Gasteiger partial charge in [0.05, 0.1) is 5.69 Å². The fourth-order valence-corrected chi connectivity index (χ4v) is 3.18. The molecule has 3 nitrogen and oxygen atoms in total. The summed E-state index contributed by atoms with van der Waals surface area (Å²) < 4.78 is 15.8. The number of rotatable bonds is 5. The smallest absolute Gasteiger partial charge is 0.193 e. The van der Waals surface area contributed by atoms with Crippen molar-refractivity contribution in [3.05, 3.63) is 58.6 Å². The lowest BCUT2D eigenvalue weighted by atomic mass is 10.0. The molecule has 0 aliphatic carbocycles. The zero-order valence-corrected chi connectivity index (χ0v) is 13.0. The van der Waals surface area contributed by atoms with Gasteiger partial charge in [0.2, 0.25) is 0 Å². The van der Waals surface area contributed by atoms with Crippen LogP contribution in [0, 0.1) is 12.7 Å². The summed E-state index contributed by atoms with van der Waals surface area (Å²) in [6, 6.07) is 5.53. The van der Waals surface area contributed by atoms with E-state index in [9.17, 15) is 4.39 Å². The number of aryl methyl sites for hydroxylation is 1. The van der Waals surface area contributed by atoms with E-state index in [1.54, 1.807) is 24.3 Å². The van der Waals surface area contributed by atoms with Gasteiger partial charge in [-0.25, -0.2) is 9.37 Å². The zero-order chi connectivity index (χ0) is 14.8. The van der Waals surface area contributed by atoms with Crippen molar-refractivity contribution >= 4 is 16.3 Å². The molecule has 3 rings (SSSR count). The first-order valence-electron chi connectivity index (χ1n) is 7.08. The Kier molecular flexibility index (Phi) is 4.03. The zero-order valence-electron chi connectivity index (χ0n) is 12.1. The molecule has 3 aromatic rings. The molecule has 21 heavy (non-hydrogen) atoms. The van der Waals surface area contributed by atoms with E-state index in [1.165, 1.54) is 0 Å². The van der Waals surface area contributed by atoms with Crippen molar-refractivity contribution in [1.29, 1.82) is 0 Å². The minimum atomic E-state index is -0.152. The summed E-state index contributed by atoms with van der Waals surface area (Å²) in [5.74, 6) is -0.152. The lowest BCUT2D eigenvalue weighted by Crippen LogP contribution is -2.23. The summed E-state index contributed by atoms with van der Waals surface area (Å²) in [6.45, 7) is 4.68. The normalized spacial score (nSPS) is 12.9. The van der Waals surface area contributed by atoms with Crippen molar-refractivity contribution in [1.82, 2.24) is 14.7 Å². The summed E-state index contributed by atoms with van der Waals surface area (Å²) in [5.41, 5.74) is 2.67. The van der Waals surface area contributed by atoms with E-state index < -0.39 is 0 Å². The first-order valence-corrected chi connectivity index (χ1v) is 7.96. The number of hydrogen-bond acceptors (Lipinski definition) is 3. The minimum Gasteiger partial charge on any atom is -0.310 e. The van der Waals surface area contributed by atoms with E-state index in [2.05, 4.69) is 17.2 Å². The van der Waals surface area contributed by atoms with E-state index in [-0.39, 0.29) is 11.9 Å². The maximum absolute atomic E-state index is 13.8. The van der Waals surface area contributed by atoms with Gasteiger partial charge in [0.25, 0.3) is 0 Å². The molecule has 0 aliphatic heterocycles. The van der Waals surface area contributed by atoms with Crippen LogP contribution in [0.15, 0.2) is 36.0 Å². The first-order chi connectivity index (χ1) is 10.2. The van der Waals surface area contributed by atoms with Crippen LogP contribution in [0.5, 0.6) is 0 Å². The molecule has 0 spiro atoms. The number of thiazole rings is 1. The maximum atomic E-state index is 13.8. The Morgan fingerprint density at radius 3 is 3.00 bits per heavy atom. The average Bonchev–Trinajstić information content (AvgIpc) is 3.02. The van der Waals surface area contributed by atoms with Gasteiger partial charge in [0, 0.05) is 30.2 Å². The van der Waals surface area contributed by atoms with Gasteiger partial charge in [-0.05, 0) is 30.7 Å². The van der Waals surface area contributed by atoms with Crippen molar-refractivity contribution in [2.75, 3.05) is 6.54 Å². The molecule has 110 valence electrons. The molecule has 5 heteroatoms. The fourth-order valence-electron chi connectivity index (χ4n) is 2.46. The number of likely N-dealkylation sites (N-methyl/N-ethyl adjacent to an activating group) is 1. The standard InChI is InChI=1S/C16H18FN3S/c1-3-18-15(12-5-4-11(2)14(17)8-12)9-13-10-20-6-7-21-16(20)19-13/h4-8,10,15,18H,3,9H2,1-2H3. The van der Waals surface area contributed by atoms with Gasteiger partial charge >= 0.3 is 0 Å². The SMILES string of the molecule is CCNC(Cc1cn2ccsc2n1)c1ccc(C)c(F)c1. The van der Waals surface area contributed by atoms with Crippen LogP contribution in [0.2, 0.25) is 0 Å². The second kappa shape index (κ2) is 5.95. The molecule has 0 saturated carbocycles. The van der Waals surface area contributed by atoms with Crippen molar-refractivity contribution < 1.29 is 4.39 Å². The second-order valence-corrected chi connectivity index (χ2v) is 6.02. The summed E-state index contributed by atoms with van der Waals surface area (Å²) in [5, 5.41) is 5.44. The number of fused-ring (bicyclic) bond motifs is 1. The Bertz CT molecular complexity index is 718. The molecular weight excluding hydrogens is 285 g/mol. The largest absolute Gasteiger partial charge is 0.310 e. The third-order valence-electron chi connectivity index (χ3n) is 3.61. The van der Waals surface area contributed by atoms with E-state index in [0.29, 0.717) is 5.56 Å². The van der Waals surface area contributed by atoms with Gasteiger partial charge in [0.15, 0.2) is 4.96 Å². The Labute approximate surface area is 127 Å². The summed E-state index contributed by atoms with van der Waals surface area (Å²) in [6.07, 6.45) is 4.80. The van der Waals surface area contributed by atoms with Gasteiger partial charge in [-0.1, -0.05) is 19.1 Å². The second-order valence-electron chi connectivity index (χ2n) is 5.15. The van der Waals surface area contributed by atoms with Crippen molar-refractivity contribution in [3.8, 4) is 0 Å².